The molecule has 9 nitrogen and oxygen atoms in total. The Morgan fingerprint density at radius 1 is 0.846 bits per heavy atom. The number of quaternary nitrogens is 1. The lowest BCUT2D eigenvalue weighted by Gasteiger charge is -2.39. The molecule has 0 rings (SSSR count). The SMILES string of the molecule is CCCCCC/C=C\CCCC/C=C\CCCC(=O)OC[C@@H](O)COP(=O)(O)C(CC)[N+](C)(C)CCC(O)O. The molecule has 0 aromatic heterocycles. The van der Waals surface area contributed by atoms with E-state index in [1.807, 2.05) is 0 Å². The topological polar surface area (TPSA) is 134 Å². The van der Waals surface area contributed by atoms with Crippen molar-refractivity contribution in [3.8, 4) is 0 Å². The van der Waals surface area contributed by atoms with E-state index in [0.29, 0.717) is 12.8 Å². The molecular weight excluding hydrogens is 521 g/mol. The summed E-state index contributed by atoms with van der Waals surface area (Å²) in [6.07, 6.45) is 19.1. The highest BCUT2D eigenvalue weighted by Gasteiger charge is 2.43. The lowest BCUT2D eigenvalue weighted by Crippen LogP contribution is -2.50. The molecule has 0 radical (unpaired) electrons. The standard InChI is InChI=1S/C29H56NO8P/c1-5-7-8-9-10-11-12-13-14-15-16-17-18-19-20-21-29(34)37-24-26(31)25-38-39(35,36)27(6-2)30(3,4)23-22-28(32)33/h11-12,17-18,26-28,31-33H,5-10,13-16,19-25H2,1-4H3/p+1/b12-11-,18-17-/t26-,27?/m1/s1. The summed E-state index contributed by atoms with van der Waals surface area (Å²) in [7, 11) is -0.706. The van der Waals surface area contributed by atoms with Crippen LogP contribution in [0.3, 0.4) is 0 Å². The first-order valence-corrected chi connectivity index (χ1v) is 16.4. The Morgan fingerprint density at radius 3 is 1.90 bits per heavy atom. The molecule has 0 saturated carbocycles. The maximum Gasteiger partial charge on any atom is 0.385 e. The van der Waals surface area contributed by atoms with E-state index in [-0.39, 0.29) is 30.5 Å². The number of carbonyl (C=O) groups excluding carboxylic acids is 1. The van der Waals surface area contributed by atoms with E-state index in [4.69, 9.17) is 19.5 Å². The molecule has 0 amide bonds. The second-order valence-electron chi connectivity index (χ2n) is 10.8. The highest BCUT2D eigenvalue weighted by molar-refractivity contribution is 7.53. The van der Waals surface area contributed by atoms with Crippen LogP contribution in [0.25, 0.3) is 0 Å². The van der Waals surface area contributed by atoms with E-state index in [2.05, 4.69) is 31.2 Å². The molecule has 0 aliphatic heterocycles. The monoisotopic (exact) mass is 578 g/mol. The number of hydrogen-bond acceptors (Lipinski definition) is 7. The Hall–Kier alpha value is -1.06. The summed E-state index contributed by atoms with van der Waals surface area (Å²) in [5.74, 6) is -1.23. The van der Waals surface area contributed by atoms with Gasteiger partial charge in [-0.25, -0.2) is 0 Å². The average Bonchev–Trinajstić information content (AvgIpc) is 2.87. The lowest BCUT2D eigenvalue weighted by atomic mass is 10.1. The maximum atomic E-state index is 12.8. The van der Waals surface area contributed by atoms with Crippen LogP contribution in [0.2, 0.25) is 0 Å². The predicted octanol–water partition coefficient (Wildman–Crippen LogP) is 5.42. The molecule has 0 aliphatic rings. The molecule has 3 atom stereocenters. The number of aliphatic hydroxyl groups is 3. The molecule has 0 aromatic carbocycles. The molecule has 230 valence electrons. The van der Waals surface area contributed by atoms with Crippen molar-refractivity contribution < 1.29 is 43.3 Å². The molecule has 0 spiro atoms. The summed E-state index contributed by atoms with van der Waals surface area (Å²) in [6.45, 7) is 3.48. The zero-order valence-electron chi connectivity index (χ0n) is 24.9. The van der Waals surface area contributed by atoms with E-state index in [1.54, 1.807) is 21.0 Å². The first-order chi connectivity index (χ1) is 18.5. The molecule has 10 heteroatoms. The van der Waals surface area contributed by atoms with Gasteiger partial charge >= 0.3 is 13.6 Å². The van der Waals surface area contributed by atoms with Crippen LogP contribution in [0.1, 0.15) is 104 Å². The van der Waals surface area contributed by atoms with Crippen LogP contribution < -0.4 is 0 Å². The van der Waals surface area contributed by atoms with Crippen LogP contribution >= 0.6 is 7.60 Å². The third-order valence-corrected chi connectivity index (χ3v) is 8.96. The third kappa shape index (κ3) is 20.5. The molecule has 0 saturated heterocycles. The summed E-state index contributed by atoms with van der Waals surface area (Å²) in [5, 5.41) is 28.3. The van der Waals surface area contributed by atoms with Gasteiger partial charge in [-0.1, -0.05) is 57.4 Å². The zero-order chi connectivity index (χ0) is 29.6. The molecule has 4 N–H and O–H groups in total. The minimum atomic E-state index is -4.13. The Balaban J connectivity index is 4.02. The van der Waals surface area contributed by atoms with Gasteiger partial charge < -0.3 is 34.0 Å². The fourth-order valence-corrected chi connectivity index (χ4v) is 6.28. The Labute approximate surface area is 237 Å². The lowest BCUT2D eigenvalue weighted by molar-refractivity contribution is -0.903. The molecule has 39 heavy (non-hydrogen) atoms. The fraction of sp³-hybridized carbons (Fsp3) is 0.828. The molecule has 0 heterocycles. The first-order valence-electron chi connectivity index (χ1n) is 14.8. The Kier molecular flexibility index (Phi) is 22.0. The average molecular weight is 579 g/mol. The number of aliphatic hydroxyl groups excluding tert-OH is 2. The summed E-state index contributed by atoms with van der Waals surface area (Å²) >= 11 is 0. The van der Waals surface area contributed by atoms with Gasteiger partial charge in [0.25, 0.3) is 0 Å². The van der Waals surface area contributed by atoms with Crippen LogP contribution in [0.4, 0.5) is 0 Å². The number of esters is 1. The van der Waals surface area contributed by atoms with Crippen molar-refractivity contribution in [3.05, 3.63) is 24.3 Å². The van der Waals surface area contributed by atoms with Gasteiger partial charge in [0, 0.05) is 19.3 Å². The van der Waals surface area contributed by atoms with Gasteiger partial charge in [-0.3, -0.25) is 9.36 Å². The Morgan fingerprint density at radius 2 is 1.38 bits per heavy atom. The van der Waals surface area contributed by atoms with E-state index >= 15 is 0 Å². The highest BCUT2D eigenvalue weighted by Crippen LogP contribution is 2.52. The molecule has 2 unspecified atom stereocenters. The number of ether oxygens (including phenoxy) is 1. The maximum absolute atomic E-state index is 12.8. The van der Waals surface area contributed by atoms with Crippen LogP contribution in [-0.4, -0.2) is 82.7 Å². The largest absolute Gasteiger partial charge is 0.463 e. The van der Waals surface area contributed by atoms with Gasteiger partial charge in [-0.15, -0.1) is 0 Å². The number of carbonyl (C=O) groups is 1. The minimum absolute atomic E-state index is 0.0506. The normalized spacial score (nSPS) is 15.7. The van der Waals surface area contributed by atoms with Crippen LogP contribution in [0.5, 0.6) is 0 Å². The van der Waals surface area contributed by atoms with Crippen molar-refractivity contribution in [1.82, 2.24) is 0 Å². The highest BCUT2D eigenvalue weighted by atomic mass is 31.2. The second-order valence-corrected chi connectivity index (χ2v) is 12.8. The van der Waals surface area contributed by atoms with E-state index < -0.39 is 38.3 Å². The molecule has 0 aromatic rings. The molecular formula is C29H57NO8P+. The number of unbranched alkanes of at least 4 members (excludes halogenated alkanes) is 8. The van der Waals surface area contributed by atoms with E-state index in [0.717, 1.165) is 25.7 Å². The number of nitrogens with zero attached hydrogens (tertiary/aromatic N) is 1. The van der Waals surface area contributed by atoms with Crippen molar-refractivity contribution in [3.63, 3.8) is 0 Å². The van der Waals surface area contributed by atoms with Crippen molar-refractivity contribution in [1.29, 1.82) is 0 Å². The second kappa shape index (κ2) is 22.6. The minimum Gasteiger partial charge on any atom is -0.463 e. The summed E-state index contributed by atoms with van der Waals surface area (Å²) in [6, 6.07) is 0. The van der Waals surface area contributed by atoms with Crippen molar-refractivity contribution in [2.75, 3.05) is 33.9 Å². The van der Waals surface area contributed by atoms with Crippen LogP contribution in [0.15, 0.2) is 24.3 Å². The zero-order valence-corrected chi connectivity index (χ0v) is 25.8. The number of allylic oxidation sites excluding steroid dienone is 4. The summed E-state index contributed by atoms with van der Waals surface area (Å²) in [4.78, 5) is 22.4. The third-order valence-electron chi connectivity index (χ3n) is 6.70. The number of rotatable bonds is 25. The van der Waals surface area contributed by atoms with Gasteiger partial charge in [-0.2, -0.15) is 0 Å². The fourth-order valence-electron chi connectivity index (χ4n) is 4.35. The quantitative estimate of drug-likeness (QED) is 0.0282. The molecule has 0 aliphatic carbocycles. The van der Waals surface area contributed by atoms with Gasteiger partial charge in [-0.05, 0) is 51.4 Å². The van der Waals surface area contributed by atoms with Crippen molar-refractivity contribution in [2.24, 2.45) is 0 Å². The first kappa shape index (κ1) is 37.9. The van der Waals surface area contributed by atoms with Crippen molar-refractivity contribution >= 4 is 13.6 Å². The molecule has 0 bridgehead atoms. The van der Waals surface area contributed by atoms with Gasteiger partial charge in [0.1, 0.15) is 12.7 Å². The molecule has 0 fully saturated rings. The van der Waals surface area contributed by atoms with Gasteiger partial charge in [0.05, 0.1) is 27.2 Å². The Bertz CT molecular complexity index is 726. The van der Waals surface area contributed by atoms with E-state index in [9.17, 15) is 19.4 Å². The van der Waals surface area contributed by atoms with Crippen molar-refractivity contribution in [2.45, 2.75) is 122 Å². The van der Waals surface area contributed by atoms with Crippen LogP contribution in [-0.2, 0) is 18.6 Å². The van der Waals surface area contributed by atoms with E-state index in [1.165, 1.54) is 38.5 Å². The summed E-state index contributed by atoms with van der Waals surface area (Å²) in [5.41, 5.74) is 0. The smallest absolute Gasteiger partial charge is 0.385 e. The van der Waals surface area contributed by atoms with Gasteiger partial charge in [0.2, 0.25) is 0 Å². The van der Waals surface area contributed by atoms with Crippen LogP contribution in [0, 0.1) is 0 Å². The predicted molar refractivity (Wildman–Crippen MR) is 156 cm³/mol. The summed E-state index contributed by atoms with van der Waals surface area (Å²) < 4.78 is 23.1. The number of hydrogen-bond donors (Lipinski definition) is 4. The van der Waals surface area contributed by atoms with Gasteiger partial charge in [0.15, 0.2) is 12.1 Å².